The number of hydrogen-bond donors (Lipinski definition) is 3. The van der Waals surface area contributed by atoms with Gasteiger partial charge in [0, 0.05) is 13.0 Å². The molecule has 0 bridgehead atoms. The molecule has 0 unspecified atom stereocenters. The Bertz CT molecular complexity index is 317. The first-order valence-electron chi connectivity index (χ1n) is 4.67. The standard InChI is InChI=1S/C10H15N3O2/c11-8-13(12)9-4-1-2-5-10(9)15-7-3-6-14/h1-2,4-5,8,11,14H,3,6-7,12H2. The molecule has 5 heteroatoms. The van der Waals surface area contributed by atoms with Gasteiger partial charge in [0.05, 0.1) is 6.61 Å². The molecule has 82 valence electrons. The fourth-order valence-corrected chi connectivity index (χ4v) is 1.11. The lowest BCUT2D eigenvalue weighted by atomic mass is 10.3. The summed E-state index contributed by atoms with van der Waals surface area (Å²) < 4.78 is 5.42. The van der Waals surface area contributed by atoms with Crippen LogP contribution >= 0.6 is 0 Å². The van der Waals surface area contributed by atoms with Crippen LogP contribution in [0.15, 0.2) is 24.3 Å². The number of nitrogens with one attached hydrogen (secondary N) is 1. The Hall–Kier alpha value is -1.59. The third kappa shape index (κ3) is 3.23. The zero-order valence-electron chi connectivity index (χ0n) is 8.39. The summed E-state index contributed by atoms with van der Waals surface area (Å²) in [7, 11) is 0. The smallest absolute Gasteiger partial charge is 0.144 e. The Morgan fingerprint density at radius 3 is 2.87 bits per heavy atom. The number of nitrogens with zero attached hydrogens (tertiary/aromatic N) is 1. The van der Waals surface area contributed by atoms with Crippen LogP contribution in [0.25, 0.3) is 0 Å². The second-order valence-corrected chi connectivity index (χ2v) is 2.93. The van der Waals surface area contributed by atoms with Crippen LogP contribution in [0.3, 0.4) is 0 Å². The highest BCUT2D eigenvalue weighted by molar-refractivity contribution is 5.78. The summed E-state index contributed by atoms with van der Waals surface area (Å²) in [6.07, 6.45) is 1.58. The van der Waals surface area contributed by atoms with Crippen molar-refractivity contribution in [3.63, 3.8) is 0 Å². The largest absolute Gasteiger partial charge is 0.491 e. The molecule has 0 saturated carbocycles. The molecular formula is C10H15N3O2. The van der Waals surface area contributed by atoms with Crippen molar-refractivity contribution >= 4 is 12.0 Å². The van der Waals surface area contributed by atoms with Gasteiger partial charge in [-0.05, 0) is 12.1 Å². The maximum Gasteiger partial charge on any atom is 0.144 e. The van der Waals surface area contributed by atoms with E-state index in [9.17, 15) is 0 Å². The van der Waals surface area contributed by atoms with Crippen LogP contribution in [0, 0.1) is 5.41 Å². The minimum atomic E-state index is 0.0963. The van der Waals surface area contributed by atoms with E-state index in [2.05, 4.69) is 0 Å². The Balaban J connectivity index is 2.72. The second-order valence-electron chi connectivity index (χ2n) is 2.93. The van der Waals surface area contributed by atoms with Gasteiger partial charge in [0.15, 0.2) is 0 Å². The van der Waals surface area contributed by atoms with Crippen molar-refractivity contribution in [3.05, 3.63) is 24.3 Å². The van der Waals surface area contributed by atoms with Gasteiger partial charge in [0.1, 0.15) is 17.8 Å². The van der Waals surface area contributed by atoms with Gasteiger partial charge in [-0.25, -0.2) is 5.84 Å². The van der Waals surface area contributed by atoms with Gasteiger partial charge in [-0.1, -0.05) is 12.1 Å². The highest BCUT2D eigenvalue weighted by atomic mass is 16.5. The Morgan fingerprint density at radius 1 is 1.47 bits per heavy atom. The lowest BCUT2D eigenvalue weighted by molar-refractivity contribution is 0.234. The van der Waals surface area contributed by atoms with E-state index in [1.54, 1.807) is 12.1 Å². The van der Waals surface area contributed by atoms with E-state index in [4.69, 9.17) is 21.1 Å². The maximum absolute atomic E-state index is 8.62. The van der Waals surface area contributed by atoms with E-state index in [0.717, 1.165) is 6.34 Å². The third-order valence-corrected chi connectivity index (χ3v) is 1.84. The van der Waals surface area contributed by atoms with Crippen LogP contribution in [-0.2, 0) is 0 Å². The molecule has 0 saturated heterocycles. The number of aliphatic hydroxyl groups is 1. The highest BCUT2D eigenvalue weighted by Gasteiger charge is 2.05. The zero-order valence-corrected chi connectivity index (χ0v) is 8.39. The van der Waals surface area contributed by atoms with Crippen LogP contribution in [0.2, 0.25) is 0 Å². The van der Waals surface area contributed by atoms with Crippen LogP contribution < -0.4 is 15.6 Å². The molecule has 0 aliphatic carbocycles. The van der Waals surface area contributed by atoms with E-state index in [-0.39, 0.29) is 6.61 Å². The molecule has 0 aromatic heterocycles. The number of nitrogens with two attached hydrogens (primary N) is 1. The van der Waals surface area contributed by atoms with Gasteiger partial charge in [0.25, 0.3) is 0 Å². The summed E-state index contributed by atoms with van der Waals surface area (Å²) in [4.78, 5) is 0. The average molecular weight is 209 g/mol. The zero-order chi connectivity index (χ0) is 11.1. The molecule has 4 N–H and O–H groups in total. The molecular weight excluding hydrogens is 194 g/mol. The molecule has 5 nitrogen and oxygen atoms in total. The molecule has 0 atom stereocenters. The first-order valence-corrected chi connectivity index (χ1v) is 4.67. The first kappa shape index (κ1) is 11.5. The summed E-state index contributed by atoms with van der Waals surface area (Å²) in [5.74, 6) is 6.17. The maximum atomic E-state index is 8.62. The molecule has 1 aromatic rings. The van der Waals surface area contributed by atoms with Crippen molar-refractivity contribution in [3.8, 4) is 5.75 Å². The summed E-state index contributed by atoms with van der Waals surface area (Å²) in [5.41, 5.74) is 0.630. The molecule has 15 heavy (non-hydrogen) atoms. The van der Waals surface area contributed by atoms with Gasteiger partial charge < -0.3 is 9.84 Å². The summed E-state index contributed by atoms with van der Waals surface area (Å²) in [5, 5.41) is 16.8. The minimum Gasteiger partial charge on any atom is -0.491 e. The van der Waals surface area contributed by atoms with Gasteiger partial charge in [0.2, 0.25) is 0 Å². The van der Waals surface area contributed by atoms with E-state index in [0.29, 0.717) is 24.5 Å². The summed E-state index contributed by atoms with van der Waals surface area (Å²) in [6.45, 7) is 0.526. The number of ether oxygens (including phenoxy) is 1. The van der Waals surface area contributed by atoms with Crippen molar-refractivity contribution < 1.29 is 9.84 Å². The lowest BCUT2D eigenvalue weighted by Gasteiger charge is -2.16. The Labute approximate surface area is 88.6 Å². The van der Waals surface area contributed by atoms with Crippen molar-refractivity contribution in [2.24, 2.45) is 5.84 Å². The van der Waals surface area contributed by atoms with Gasteiger partial charge >= 0.3 is 0 Å². The minimum absolute atomic E-state index is 0.0963. The van der Waals surface area contributed by atoms with Crippen LogP contribution in [-0.4, -0.2) is 24.7 Å². The van der Waals surface area contributed by atoms with Crippen LogP contribution in [0.1, 0.15) is 6.42 Å². The second kappa shape index (κ2) is 6.00. The normalized spacial score (nSPS) is 9.73. The molecule has 1 aromatic carbocycles. The molecule has 0 radical (unpaired) electrons. The highest BCUT2D eigenvalue weighted by Crippen LogP contribution is 2.25. The molecule has 0 fully saturated rings. The Morgan fingerprint density at radius 2 is 2.20 bits per heavy atom. The number of anilines is 1. The number of hydrogen-bond acceptors (Lipinski definition) is 4. The molecule has 0 aliphatic rings. The van der Waals surface area contributed by atoms with E-state index < -0.39 is 0 Å². The fourth-order valence-electron chi connectivity index (χ4n) is 1.11. The molecule has 1 rings (SSSR count). The number of aliphatic hydroxyl groups excluding tert-OH is 1. The van der Waals surface area contributed by atoms with E-state index in [1.165, 1.54) is 5.01 Å². The molecule has 0 amide bonds. The number of para-hydroxylation sites is 2. The van der Waals surface area contributed by atoms with Crippen molar-refractivity contribution in [1.82, 2.24) is 0 Å². The fraction of sp³-hybridized carbons (Fsp3) is 0.300. The summed E-state index contributed by atoms with van der Waals surface area (Å²) >= 11 is 0. The third-order valence-electron chi connectivity index (χ3n) is 1.84. The number of benzene rings is 1. The Kier molecular flexibility index (Phi) is 4.59. The number of rotatable bonds is 6. The quantitative estimate of drug-likeness (QED) is 0.212. The van der Waals surface area contributed by atoms with Crippen molar-refractivity contribution in [2.75, 3.05) is 18.2 Å². The van der Waals surface area contributed by atoms with Crippen molar-refractivity contribution in [1.29, 1.82) is 5.41 Å². The lowest BCUT2D eigenvalue weighted by Crippen LogP contribution is -2.28. The van der Waals surface area contributed by atoms with Gasteiger partial charge in [-0.15, -0.1) is 0 Å². The first-order chi connectivity index (χ1) is 7.29. The van der Waals surface area contributed by atoms with Crippen molar-refractivity contribution in [2.45, 2.75) is 6.42 Å². The SMILES string of the molecule is N=CN(N)c1ccccc1OCCCO. The van der Waals surface area contributed by atoms with E-state index in [1.807, 2.05) is 12.1 Å². The average Bonchev–Trinajstić information content (AvgIpc) is 2.29. The summed E-state index contributed by atoms with van der Waals surface area (Å²) in [6, 6.07) is 7.18. The molecule has 0 spiro atoms. The van der Waals surface area contributed by atoms with Crippen LogP contribution in [0.4, 0.5) is 5.69 Å². The van der Waals surface area contributed by atoms with Crippen LogP contribution in [0.5, 0.6) is 5.75 Å². The molecule has 0 heterocycles. The number of hydrazine groups is 1. The predicted molar refractivity (Wildman–Crippen MR) is 59.1 cm³/mol. The topological polar surface area (TPSA) is 82.6 Å². The molecule has 0 aliphatic heterocycles. The van der Waals surface area contributed by atoms with Gasteiger partial charge in [-0.3, -0.25) is 10.4 Å². The van der Waals surface area contributed by atoms with Gasteiger partial charge in [-0.2, -0.15) is 0 Å². The monoisotopic (exact) mass is 209 g/mol. The predicted octanol–water partition coefficient (Wildman–Crippen LogP) is 0.735. The van der Waals surface area contributed by atoms with E-state index >= 15 is 0 Å².